The Morgan fingerprint density at radius 2 is 1.43 bits per heavy atom. The molecule has 0 bridgehead atoms. The summed E-state index contributed by atoms with van der Waals surface area (Å²) in [6.07, 6.45) is -1.49. The fraction of sp³-hybridized carbons (Fsp3) is 0.235. The summed E-state index contributed by atoms with van der Waals surface area (Å²) in [5.41, 5.74) is 7.35. The van der Waals surface area contributed by atoms with Crippen LogP contribution in [-0.4, -0.2) is 23.2 Å². The molecule has 0 unspecified atom stereocenters. The molecule has 2 aromatic rings. The van der Waals surface area contributed by atoms with Crippen molar-refractivity contribution in [2.45, 2.75) is 25.2 Å². The zero-order valence-corrected chi connectivity index (χ0v) is 11.8. The largest absolute Gasteiger partial charge is 0.451 e. The number of carbonyl (C=O) groups is 1. The molecule has 2 atom stereocenters. The normalized spacial score (nSPS) is 13.7. The molecule has 0 aliphatic rings. The smallest absolute Gasteiger partial charge is 0.326 e. The maximum atomic E-state index is 12.0. The van der Waals surface area contributed by atoms with Gasteiger partial charge < -0.3 is 15.6 Å². The molecule has 0 saturated heterocycles. The average Bonchev–Trinajstić information content (AvgIpc) is 2.53. The highest BCUT2D eigenvalue weighted by Gasteiger charge is 2.25. The Balaban J connectivity index is 2.28. The molecule has 0 spiro atoms. The predicted molar refractivity (Wildman–Crippen MR) is 80.5 cm³/mol. The number of carbonyl (C=O) groups excluding carboxylic acids is 1. The number of benzene rings is 2. The molecule has 4 heteroatoms. The lowest BCUT2D eigenvalue weighted by atomic mass is 10.0. The van der Waals surface area contributed by atoms with Crippen molar-refractivity contribution in [3.05, 3.63) is 71.8 Å². The molecule has 3 N–H and O–H groups in total. The number of ether oxygens (including phenoxy) is 1. The third kappa shape index (κ3) is 3.90. The van der Waals surface area contributed by atoms with Crippen LogP contribution >= 0.6 is 0 Å². The first-order valence-electron chi connectivity index (χ1n) is 6.83. The first-order valence-corrected chi connectivity index (χ1v) is 6.83. The van der Waals surface area contributed by atoms with Crippen LogP contribution in [0.15, 0.2) is 60.7 Å². The summed E-state index contributed by atoms with van der Waals surface area (Å²) in [4.78, 5) is 12.0. The molecule has 110 valence electrons. The van der Waals surface area contributed by atoms with Gasteiger partial charge in [0.25, 0.3) is 0 Å². The first-order chi connectivity index (χ1) is 10.1. The Morgan fingerprint density at radius 1 is 1.00 bits per heavy atom. The fourth-order valence-corrected chi connectivity index (χ4v) is 1.98. The minimum absolute atomic E-state index is 0.537. The standard InChI is InChI=1S/C17H19NO3/c1-12(19)15(18)17(20)21-16(13-8-4-2-5-9-13)14-10-6-3-7-11-14/h2-12,15-16,19H,18H2,1H3/t12-,15-/m1/s1. The third-order valence-corrected chi connectivity index (χ3v) is 3.23. The second kappa shape index (κ2) is 7.02. The summed E-state index contributed by atoms with van der Waals surface area (Å²) in [7, 11) is 0. The van der Waals surface area contributed by atoms with E-state index in [1.165, 1.54) is 6.92 Å². The molecule has 0 amide bonds. The molecular formula is C17H19NO3. The van der Waals surface area contributed by atoms with Gasteiger partial charge in [0, 0.05) is 0 Å². The quantitative estimate of drug-likeness (QED) is 0.824. The SMILES string of the molecule is C[C@@H](O)[C@@H](N)C(=O)OC(c1ccccc1)c1ccccc1. The van der Waals surface area contributed by atoms with E-state index in [2.05, 4.69) is 0 Å². The zero-order valence-electron chi connectivity index (χ0n) is 11.8. The third-order valence-electron chi connectivity index (χ3n) is 3.23. The molecule has 2 aromatic carbocycles. The van der Waals surface area contributed by atoms with E-state index in [9.17, 15) is 9.90 Å². The summed E-state index contributed by atoms with van der Waals surface area (Å²) < 4.78 is 5.52. The Morgan fingerprint density at radius 3 is 1.81 bits per heavy atom. The second-order valence-corrected chi connectivity index (χ2v) is 4.90. The van der Waals surface area contributed by atoms with E-state index < -0.39 is 24.2 Å². The van der Waals surface area contributed by atoms with Crippen LogP contribution < -0.4 is 5.73 Å². The Bertz CT molecular complexity index is 530. The van der Waals surface area contributed by atoms with Crippen LogP contribution in [0.5, 0.6) is 0 Å². The minimum Gasteiger partial charge on any atom is -0.451 e. The van der Waals surface area contributed by atoms with Gasteiger partial charge in [-0.1, -0.05) is 60.7 Å². The summed E-state index contributed by atoms with van der Waals surface area (Å²) >= 11 is 0. The predicted octanol–water partition coefficient (Wildman–Crippen LogP) is 2.03. The molecule has 0 aliphatic carbocycles. The van der Waals surface area contributed by atoms with Crippen molar-refractivity contribution in [1.82, 2.24) is 0 Å². The van der Waals surface area contributed by atoms with E-state index in [4.69, 9.17) is 10.5 Å². The molecule has 21 heavy (non-hydrogen) atoms. The topological polar surface area (TPSA) is 72.5 Å². The van der Waals surface area contributed by atoms with Crippen molar-refractivity contribution in [3.8, 4) is 0 Å². The molecule has 0 aromatic heterocycles. The van der Waals surface area contributed by atoms with Gasteiger partial charge in [0.1, 0.15) is 6.04 Å². The number of hydrogen-bond acceptors (Lipinski definition) is 4. The maximum Gasteiger partial charge on any atom is 0.326 e. The summed E-state index contributed by atoms with van der Waals surface area (Å²) in [6, 6.07) is 17.8. The van der Waals surface area contributed by atoms with Crippen LogP contribution in [0.1, 0.15) is 24.2 Å². The van der Waals surface area contributed by atoms with Gasteiger partial charge in [-0.15, -0.1) is 0 Å². The number of aliphatic hydroxyl groups excluding tert-OH is 1. The Kier molecular flexibility index (Phi) is 5.09. The van der Waals surface area contributed by atoms with Crippen molar-refractivity contribution >= 4 is 5.97 Å². The fourth-order valence-electron chi connectivity index (χ4n) is 1.98. The second-order valence-electron chi connectivity index (χ2n) is 4.90. The van der Waals surface area contributed by atoms with E-state index in [-0.39, 0.29) is 0 Å². The van der Waals surface area contributed by atoms with Crippen LogP contribution in [0.25, 0.3) is 0 Å². The number of aliphatic hydroxyl groups is 1. The van der Waals surface area contributed by atoms with E-state index in [0.29, 0.717) is 0 Å². The average molecular weight is 285 g/mol. The number of hydrogen-bond donors (Lipinski definition) is 2. The number of esters is 1. The molecule has 0 fully saturated rings. The lowest BCUT2D eigenvalue weighted by Gasteiger charge is -2.22. The van der Waals surface area contributed by atoms with Crippen molar-refractivity contribution in [3.63, 3.8) is 0 Å². The van der Waals surface area contributed by atoms with Crippen LogP contribution in [-0.2, 0) is 9.53 Å². The van der Waals surface area contributed by atoms with E-state index in [1.54, 1.807) is 0 Å². The van der Waals surface area contributed by atoms with Gasteiger partial charge in [-0.05, 0) is 18.1 Å². The van der Waals surface area contributed by atoms with Gasteiger partial charge in [0.05, 0.1) is 6.10 Å². The molecule has 0 saturated carbocycles. The maximum absolute atomic E-state index is 12.0. The molecule has 0 radical (unpaired) electrons. The van der Waals surface area contributed by atoms with Crippen molar-refractivity contribution in [2.24, 2.45) is 5.73 Å². The summed E-state index contributed by atoms with van der Waals surface area (Å²) in [5.74, 6) is -0.622. The lowest BCUT2D eigenvalue weighted by Crippen LogP contribution is -2.42. The van der Waals surface area contributed by atoms with Gasteiger partial charge in [0.2, 0.25) is 0 Å². The number of rotatable bonds is 5. The van der Waals surface area contributed by atoms with Crippen LogP contribution in [0.4, 0.5) is 0 Å². The number of nitrogens with two attached hydrogens (primary N) is 1. The van der Waals surface area contributed by atoms with Crippen LogP contribution in [0.3, 0.4) is 0 Å². The van der Waals surface area contributed by atoms with E-state index in [0.717, 1.165) is 11.1 Å². The van der Waals surface area contributed by atoms with Crippen molar-refractivity contribution in [2.75, 3.05) is 0 Å². The van der Waals surface area contributed by atoms with E-state index >= 15 is 0 Å². The molecular weight excluding hydrogens is 266 g/mol. The van der Waals surface area contributed by atoms with Crippen molar-refractivity contribution < 1.29 is 14.6 Å². The zero-order chi connectivity index (χ0) is 15.2. The summed E-state index contributed by atoms with van der Waals surface area (Å²) in [6.45, 7) is 1.46. The molecule has 4 nitrogen and oxygen atoms in total. The molecule has 0 aliphatic heterocycles. The van der Waals surface area contributed by atoms with E-state index in [1.807, 2.05) is 60.7 Å². The van der Waals surface area contributed by atoms with Gasteiger partial charge in [-0.2, -0.15) is 0 Å². The van der Waals surface area contributed by atoms with Crippen LogP contribution in [0.2, 0.25) is 0 Å². The molecule has 2 rings (SSSR count). The van der Waals surface area contributed by atoms with Gasteiger partial charge in [-0.3, -0.25) is 4.79 Å². The van der Waals surface area contributed by atoms with Gasteiger partial charge in [0.15, 0.2) is 6.10 Å². The monoisotopic (exact) mass is 285 g/mol. The summed E-state index contributed by atoms with van der Waals surface area (Å²) in [5, 5.41) is 9.42. The van der Waals surface area contributed by atoms with Crippen LogP contribution in [0, 0.1) is 0 Å². The molecule has 0 heterocycles. The highest BCUT2D eigenvalue weighted by Crippen LogP contribution is 2.26. The Labute approximate surface area is 124 Å². The highest BCUT2D eigenvalue weighted by molar-refractivity contribution is 5.76. The lowest BCUT2D eigenvalue weighted by molar-refractivity contribution is -0.151. The van der Waals surface area contributed by atoms with Crippen molar-refractivity contribution in [1.29, 1.82) is 0 Å². The van der Waals surface area contributed by atoms with Gasteiger partial charge in [-0.25, -0.2) is 0 Å². The minimum atomic E-state index is -1.06. The Hall–Kier alpha value is -2.17. The van der Waals surface area contributed by atoms with Gasteiger partial charge >= 0.3 is 5.97 Å². The highest BCUT2D eigenvalue weighted by atomic mass is 16.5. The first kappa shape index (κ1) is 15.2.